The third-order valence-corrected chi connectivity index (χ3v) is 3.06. The van der Waals surface area contributed by atoms with Gasteiger partial charge in [0, 0.05) is 12.8 Å². The van der Waals surface area contributed by atoms with Crippen LogP contribution in [-0.2, 0) is 19.2 Å². The molecule has 0 aromatic carbocycles. The number of hydrogen-bond donors (Lipinski definition) is 4. The van der Waals surface area contributed by atoms with Crippen molar-refractivity contribution in [1.82, 2.24) is 5.06 Å². The number of hydrogen-bond acceptors (Lipinski definition) is 8. The quantitative estimate of drug-likeness (QED) is 0.397. The summed E-state index contributed by atoms with van der Waals surface area (Å²) in [5, 5.41) is 38.2. The first-order valence-electron chi connectivity index (χ1n) is 5.78. The summed E-state index contributed by atoms with van der Waals surface area (Å²) in [6, 6.07) is 0. The van der Waals surface area contributed by atoms with Gasteiger partial charge in [0.15, 0.2) is 0 Å². The van der Waals surface area contributed by atoms with E-state index in [9.17, 15) is 24.9 Å². The van der Waals surface area contributed by atoms with Gasteiger partial charge in [-0.05, 0) is 0 Å². The van der Waals surface area contributed by atoms with E-state index in [1.54, 1.807) is 0 Å². The van der Waals surface area contributed by atoms with Crippen molar-refractivity contribution in [2.75, 3.05) is 6.61 Å². The lowest BCUT2D eigenvalue weighted by Crippen LogP contribution is -2.60. The van der Waals surface area contributed by atoms with E-state index in [1.165, 1.54) is 0 Å². The number of carbonyl (C=O) groups is 2. The van der Waals surface area contributed by atoms with Crippen LogP contribution in [0.2, 0.25) is 0 Å². The van der Waals surface area contributed by atoms with E-state index < -0.39 is 49.1 Å². The smallest absolute Gasteiger partial charge is 0.254 e. The average molecular weight is 277 g/mol. The van der Waals surface area contributed by atoms with Gasteiger partial charge in [-0.3, -0.25) is 9.59 Å². The Hall–Kier alpha value is -1.10. The van der Waals surface area contributed by atoms with Crippen molar-refractivity contribution in [3.8, 4) is 0 Å². The van der Waals surface area contributed by atoms with Crippen LogP contribution in [0.5, 0.6) is 0 Å². The first-order valence-corrected chi connectivity index (χ1v) is 5.78. The number of aliphatic hydroxyl groups is 4. The molecule has 2 aliphatic heterocycles. The SMILES string of the molecule is O=C1CCC(=O)N1O[C@@H]1OC(CO)[C@@H](O)C(O)C1O. The highest BCUT2D eigenvalue weighted by molar-refractivity contribution is 6.00. The Labute approximate surface area is 107 Å². The molecule has 3 unspecified atom stereocenters. The number of carbonyl (C=O) groups excluding carboxylic acids is 2. The van der Waals surface area contributed by atoms with Crippen molar-refractivity contribution in [3.05, 3.63) is 0 Å². The van der Waals surface area contributed by atoms with Crippen LogP contribution in [0.15, 0.2) is 0 Å². The summed E-state index contributed by atoms with van der Waals surface area (Å²) in [6.45, 7) is -0.618. The molecule has 5 atom stereocenters. The van der Waals surface area contributed by atoms with E-state index >= 15 is 0 Å². The molecule has 0 radical (unpaired) electrons. The maximum atomic E-state index is 11.3. The van der Waals surface area contributed by atoms with Crippen LogP contribution in [0.1, 0.15) is 12.8 Å². The average Bonchev–Trinajstić information content (AvgIpc) is 2.70. The number of imide groups is 1. The molecule has 9 nitrogen and oxygen atoms in total. The Balaban J connectivity index is 2.06. The molecule has 0 aromatic heterocycles. The lowest BCUT2D eigenvalue weighted by atomic mass is 9.99. The van der Waals surface area contributed by atoms with E-state index in [2.05, 4.69) is 0 Å². The Bertz CT molecular complexity index is 357. The highest BCUT2D eigenvalue weighted by atomic mass is 16.8. The molecule has 2 heterocycles. The minimum Gasteiger partial charge on any atom is -0.394 e. The maximum Gasteiger partial charge on any atom is 0.254 e. The highest BCUT2D eigenvalue weighted by Crippen LogP contribution is 2.24. The fraction of sp³-hybridized carbons (Fsp3) is 0.800. The summed E-state index contributed by atoms with van der Waals surface area (Å²) < 4.78 is 5.01. The van der Waals surface area contributed by atoms with Crippen molar-refractivity contribution < 1.29 is 39.6 Å². The third-order valence-electron chi connectivity index (χ3n) is 3.06. The normalized spacial score (nSPS) is 40.0. The maximum absolute atomic E-state index is 11.3. The zero-order chi connectivity index (χ0) is 14.2. The van der Waals surface area contributed by atoms with Crippen molar-refractivity contribution >= 4 is 11.8 Å². The number of nitrogens with zero attached hydrogens (tertiary/aromatic N) is 1. The number of hydroxylamine groups is 2. The van der Waals surface area contributed by atoms with E-state index in [4.69, 9.17) is 14.7 Å². The number of amides is 2. The summed E-state index contributed by atoms with van der Waals surface area (Å²) in [5.41, 5.74) is 0. The van der Waals surface area contributed by atoms with Gasteiger partial charge in [-0.1, -0.05) is 0 Å². The van der Waals surface area contributed by atoms with Gasteiger partial charge in [0.05, 0.1) is 6.61 Å². The molecule has 9 heteroatoms. The summed E-state index contributed by atoms with van der Waals surface area (Å²) in [4.78, 5) is 27.6. The van der Waals surface area contributed by atoms with Crippen LogP contribution < -0.4 is 0 Å². The van der Waals surface area contributed by atoms with Gasteiger partial charge >= 0.3 is 0 Å². The predicted octanol–water partition coefficient (Wildman–Crippen LogP) is -3.13. The zero-order valence-corrected chi connectivity index (χ0v) is 9.88. The van der Waals surface area contributed by atoms with Crippen molar-refractivity contribution in [2.24, 2.45) is 0 Å². The monoisotopic (exact) mass is 277 g/mol. The largest absolute Gasteiger partial charge is 0.394 e. The molecule has 0 saturated carbocycles. The van der Waals surface area contributed by atoms with E-state index in [1.807, 2.05) is 0 Å². The van der Waals surface area contributed by atoms with Crippen LogP contribution >= 0.6 is 0 Å². The summed E-state index contributed by atoms with van der Waals surface area (Å²) in [6.07, 6.45) is -7.49. The van der Waals surface area contributed by atoms with Crippen LogP contribution in [0.4, 0.5) is 0 Å². The molecule has 0 bridgehead atoms. The number of ether oxygens (including phenoxy) is 1. The van der Waals surface area contributed by atoms with E-state index in [0.29, 0.717) is 5.06 Å². The van der Waals surface area contributed by atoms with Gasteiger partial charge in [-0.2, -0.15) is 5.06 Å². The second kappa shape index (κ2) is 5.49. The second-order valence-corrected chi connectivity index (χ2v) is 4.38. The molecule has 108 valence electrons. The van der Waals surface area contributed by atoms with E-state index in [0.717, 1.165) is 0 Å². The van der Waals surface area contributed by atoms with Gasteiger partial charge in [0.25, 0.3) is 11.8 Å². The molecule has 0 spiro atoms. The minimum atomic E-state index is -1.65. The highest BCUT2D eigenvalue weighted by Gasteiger charge is 2.46. The summed E-state index contributed by atoms with van der Waals surface area (Å²) in [7, 11) is 0. The van der Waals surface area contributed by atoms with Crippen LogP contribution in [-0.4, -0.2) is 74.6 Å². The molecule has 4 N–H and O–H groups in total. The van der Waals surface area contributed by atoms with Gasteiger partial charge in [0.1, 0.15) is 24.4 Å². The Kier molecular flexibility index (Phi) is 4.13. The third kappa shape index (κ3) is 2.61. The fourth-order valence-electron chi connectivity index (χ4n) is 1.93. The van der Waals surface area contributed by atoms with Crippen LogP contribution in [0.25, 0.3) is 0 Å². The molecule has 2 aliphatic rings. The minimum absolute atomic E-state index is 0.00371. The van der Waals surface area contributed by atoms with Crippen LogP contribution in [0, 0.1) is 0 Å². The predicted molar refractivity (Wildman–Crippen MR) is 55.9 cm³/mol. The first-order chi connectivity index (χ1) is 8.95. The summed E-state index contributed by atoms with van der Waals surface area (Å²) >= 11 is 0. The molecule has 0 aromatic rings. The van der Waals surface area contributed by atoms with Gasteiger partial charge in [-0.15, -0.1) is 0 Å². The molecule has 2 rings (SSSR count). The summed E-state index contributed by atoms with van der Waals surface area (Å²) in [5.74, 6) is -1.16. The molecular weight excluding hydrogens is 262 g/mol. The molecule has 2 fully saturated rings. The molecular formula is C10H15NO8. The van der Waals surface area contributed by atoms with Gasteiger partial charge in [-0.25, -0.2) is 4.84 Å². The standard InChI is InChI=1S/C10H15NO8/c12-3-4-7(15)8(16)9(17)10(18-4)19-11-5(13)1-2-6(11)14/h4,7-10,12,15-17H,1-3H2/t4?,7-,8?,9?,10+/m1/s1. The molecule has 2 saturated heterocycles. The molecule has 2 amide bonds. The number of aliphatic hydroxyl groups excluding tert-OH is 4. The Morgan fingerprint density at radius 1 is 1.11 bits per heavy atom. The number of rotatable bonds is 3. The lowest BCUT2D eigenvalue weighted by Gasteiger charge is -2.39. The van der Waals surface area contributed by atoms with Crippen LogP contribution in [0.3, 0.4) is 0 Å². The molecule has 0 aliphatic carbocycles. The zero-order valence-electron chi connectivity index (χ0n) is 9.88. The Morgan fingerprint density at radius 3 is 2.21 bits per heavy atom. The first kappa shape index (κ1) is 14.3. The second-order valence-electron chi connectivity index (χ2n) is 4.38. The van der Waals surface area contributed by atoms with E-state index in [-0.39, 0.29) is 12.8 Å². The van der Waals surface area contributed by atoms with Crippen molar-refractivity contribution in [2.45, 2.75) is 43.5 Å². The van der Waals surface area contributed by atoms with Crippen molar-refractivity contribution in [3.63, 3.8) is 0 Å². The lowest BCUT2D eigenvalue weighted by molar-refractivity contribution is -0.344. The van der Waals surface area contributed by atoms with Gasteiger partial charge in [0.2, 0.25) is 6.29 Å². The Morgan fingerprint density at radius 2 is 1.68 bits per heavy atom. The van der Waals surface area contributed by atoms with Gasteiger partial charge < -0.3 is 25.2 Å². The molecule has 19 heavy (non-hydrogen) atoms. The fourth-order valence-corrected chi connectivity index (χ4v) is 1.93. The van der Waals surface area contributed by atoms with Crippen molar-refractivity contribution in [1.29, 1.82) is 0 Å². The topological polar surface area (TPSA) is 137 Å².